The van der Waals surface area contributed by atoms with Gasteiger partial charge in [-0.15, -0.1) is 11.3 Å². The van der Waals surface area contributed by atoms with Crippen molar-refractivity contribution >= 4 is 34.8 Å². The van der Waals surface area contributed by atoms with E-state index in [0.717, 1.165) is 11.3 Å². The van der Waals surface area contributed by atoms with Gasteiger partial charge in [-0.25, -0.2) is 4.79 Å². The zero-order valence-corrected chi connectivity index (χ0v) is 10.3. The minimum absolute atomic E-state index is 0.391. The molecule has 0 aliphatic rings. The number of carboxylic acid groups (broad SMARTS) is 1. The lowest BCUT2D eigenvalue weighted by Crippen LogP contribution is -2.40. The van der Waals surface area contributed by atoms with Crippen molar-refractivity contribution in [3.63, 3.8) is 0 Å². The summed E-state index contributed by atoms with van der Waals surface area (Å²) >= 11 is 6.82. The van der Waals surface area contributed by atoms with Gasteiger partial charge in [-0.05, 0) is 18.6 Å². The van der Waals surface area contributed by atoms with Gasteiger partial charge in [0.25, 0.3) is 5.91 Å². The summed E-state index contributed by atoms with van der Waals surface area (Å²) in [5.74, 6) is -1.41. The van der Waals surface area contributed by atoms with Crippen LogP contribution in [0.15, 0.2) is 12.1 Å². The van der Waals surface area contributed by atoms with Crippen LogP contribution < -0.4 is 5.32 Å². The summed E-state index contributed by atoms with van der Waals surface area (Å²) in [5.41, 5.74) is 0. The molecule has 1 amide bonds. The zero-order chi connectivity index (χ0) is 12.1. The van der Waals surface area contributed by atoms with Crippen molar-refractivity contribution in [3.05, 3.63) is 21.3 Å². The number of thiophene rings is 1. The molecule has 0 aliphatic carbocycles. The molecule has 4 nitrogen and oxygen atoms in total. The van der Waals surface area contributed by atoms with Crippen LogP contribution in [0.25, 0.3) is 0 Å². The number of aliphatic carboxylic acids is 1. The number of halogens is 1. The molecule has 1 atom stereocenters. The molecule has 1 aromatic heterocycles. The molecule has 0 radical (unpaired) electrons. The van der Waals surface area contributed by atoms with Gasteiger partial charge in [0.05, 0.1) is 9.21 Å². The number of hydrogen-bond donors (Lipinski definition) is 2. The molecule has 1 aromatic rings. The van der Waals surface area contributed by atoms with Crippen LogP contribution in [0.4, 0.5) is 0 Å². The maximum atomic E-state index is 11.6. The minimum atomic E-state index is -1.02. The average Bonchev–Trinajstić information content (AvgIpc) is 2.64. The van der Waals surface area contributed by atoms with Crippen LogP contribution in [0.2, 0.25) is 4.34 Å². The van der Waals surface area contributed by atoms with E-state index in [0.29, 0.717) is 22.1 Å². The van der Waals surface area contributed by atoms with Gasteiger partial charge < -0.3 is 10.4 Å². The Kier molecular flexibility index (Phi) is 4.76. The normalized spacial score (nSPS) is 12.1. The van der Waals surface area contributed by atoms with Gasteiger partial charge in [-0.2, -0.15) is 0 Å². The Morgan fingerprint density at radius 3 is 2.69 bits per heavy atom. The van der Waals surface area contributed by atoms with Crippen LogP contribution in [0.5, 0.6) is 0 Å². The fourth-order valence-corrected chi connectivity index (χ4v) is 2.16. The zero-order valence-electron chi connectivity index (χ0n) is 8.70. The van der Waals surface area contributed by atoms with E-state index in [1.54, 1.807) is 12.1 Å². The molecule has 88 valence electrons. The van der Waals surface area contributed by atoms with Crippen molar-refractivity contribution in [3.8, 4) is 0 Å². The largest absolute Gasteiger partial charge is 0.480 e. The van der Waals surface area contributed by atoms with E-state index < -0.39 is 17.9 Å². The molecule has 6 heteroatoms. The summed E-state index contributed by atoms with van der Waals surface area (Å²) in [7, 11) is 0. The number of carboxylic acids is 1. The van der Waals surface area contributed by atoms with Crippen molar-refractivity contribution in [2.24, 2.45) is 0 Å². The van der Waals surface area contributed by atoms with Crippen molar-refractivity contribution in [2.75, 3.05) is 0 Å². The summed E-state index contributed by atoms with van der Waals surface area (Å²) in [6.07, 6.45) is 1.11. The maximum Gasteiger partial charge on any atom is 0.326 e. The monoisotopic (exact) mass is 261 g/mol. The number of carbonyl (C=O) groups is 2. The average molecular weight is 262 g/mol. The molecule has 1 heterocycles. The lowest BCUT2D eigenvalue weighted by atomic mass is 10.1. The quantitative estimate of drug-likeness (QED) is 0.855. The van der Waals surface area contributed by atoms with Crippen LogP contribution >= 0.6 is 22.9 Å². The summed E-state index contributed by atoms with van der Waals surface area (Å²) < 4.78 is 0.507. The standard InChI is InChI=1S/C10H12ClNO3S/c1-2-3-6(10(14)15)12-9(13)7-4-5-8(11)16-7/h4-6H,2-3H2,1H3,(H,12,13)(H,14,15)/t6-/m0/s1. The fraction of sp³-hybridized carbons (Fsp3) is 0.400. The third-order valence-electron chi connectivity index (χ3n) is 1.98. The van der Waals surface area contributed by atoms with E-state index in [-0.39, 0.29) is 0 Å². The lowest BCUT2D eigenvalue weighted by Gasteiger charge is -2.12. The number of rotatable bonds is 5. The Morgan fingerprint density at radius 2 is 2.25 bits per heavy atom. The van der Waals surface area contributed by atoms with Gasteiger partial charge in [-0.3, -0.25) is 4.79 Å². The molecule has 1 rings (SSSR count). The number of amides is 1. The smallest absolute Gasteiger partial charge is 0.326 e. The second-order valence-corrected chi connectivity index (χ2v) is 4.97. The lowest BCUT2D eigenvalue weighted by molar-refractivity contribution is -0.139. The highest BCUT2D eigenvalue weighted by Gasteiger charge is 2.20. The molecule has 0 aromatic carbocycles. The van der Waals surface area contributed by atoms with Crippen molar-refractivity contribution < 1.29 is 14.7 Å². The molecule has 16 heavy (non-hydrogen) atoms. The first-order valence-corrected chi connectivity index (χ1v) is 6.03. The fourth-order valence-electron chi connectivity index (χ4n) is 1.21. The second-order valence-electron chi connectivity index (χ2n) is 3.26. The van der Waals surface area contributed by atoms with Crippen molar-refractivity contribution in [1.82, 2.24) is 5.32 Å². The molecule has 0 fully saturated rings. The Morgan fingerprint density at radius 1 is 1.56 bits per heavy atom. The van der Waals surface area contributed by atoms with Gasteiger partial charge in [0.1, 0.15) is 6.04 Å². The van der Waals surface area contributed by atoms with Gasteiger partial charge in [0, 0.05) is 0 Å². The van der Waals surface area contributed by atoms with Gasteiger partial charge in [0.2, 0.25) is 0 Å². The first-order chi connectivity index (χ1) is 7.54. The third-order valence-corrected chi connectivity index (χ3v) is 3.21. The number of nitrogens with one attached hydrogen (secondary N) is 1. The van der Waals surface area contributed by atoms with Crippen LogP contribution in [0.3, 0.4) is 0 Å². The molecule has 0 spiro atoms. The Bertz CT molecular complexity index is 391. The van der Waals surface area contributed by atoms with E-state index in [2.05, 4.69) is 5.32 Å². The topological polar surface area (TPSA) is 66.4 Å². The maximum absolute atomic E-state index is 11.6. The highest BCUT2D eigenvalue weighted by atomic mass is 35.5. The molecule has 0 aliphatic heterocycles. The van der Waals surface area contributed by atoms with Crippen LogP contribution in [-0.2, 0) is 4.79 Å². The van der Waals surface area contributed by atoms with Crippen molar-refractivity contribution in [2.45, 2.75) is 25.8 Å². The summed E-state index contributed by atoms with van der Waals surface area (Å²) in [5, 5.41) is 11.3. The van der Waals surface area contributed by atoms with E-state index in [1.165, 1.54) is 0 Å². The summed E-state index contributed by atoms with van der Waals surface area (Å²) in [6, 6.07) is 2.35. The van der Waals surface area contributed by atoms with Crippen LogP contribution in [0, 0.1) is 0 Å². The predicted octanol–water partition coefficient (Wildman–Crippen LogP) is 2.38. The second kappa shape index (κ2) is 5.86. The van der Waals surface area contributed by atoms with Crippen LogP contribution in [0.1, 0.15) is 29.4 Å². The highest BCUT2D eigenvalue weighted by molar-refractivity contribution is 7.18. The Hall–Kier alpha value is -1.07. The van der Waals surface area contributed by atoms with Gasteiger partial charge in [0.15, 0.2) is 0 Å². The number of hydrogen-bond acceptors (Lipinski definition) is 3. The first kappa shape index (κ1) is 13.0. The van der Waals surface area contributed by atoms with E-state index in [4.69, 9.17) is 16.7 Å². The molecule has 0 saturated carbocycles. The molecular formula is C10H12ClNO3S. The Labute approximate surface area is 102 Å². The van der Waals surface area contributed by atoms with E-state index in [1.807, 2.05) is 6.92 Å². The highest BCUT2D eigenvalue weighted by Crippen LogP contribution is 2.21. The number of carbonyl (C=O) groups excluding carboxylic acids is 1. The van der Waals surface area contributed by atoms with Crippen LogP contribution in [-0.4, -0.2) is 23.0 Å². The summed E-state index contributed by atoms with van der Waals surface area (Å²) in [6.45, 7) is 1.87. The minimum Gasteiger partial charge on any atom is -0.480 e. The van der Waals surface area contributed by atoms with Crippen molar-refractivity contribution in [1.29, 1.82) is 0 Å². The van der Waals surface area contributed by atoms with E-state index in [9.17, 15) is 9.59 Å². The first-order valence-electron chi connectivity index (χ1n) is 4.83. The van der Waals surface area contributed by atoms with Gasteiger partial charge in [-0.1, -0.05) is 24.9 Å². The third kappa shape index (κ3) is 3.50. The molecule has 0 unspecified atom stereocenters. The molecule has 0 bridgehead atoms. The van der Waals surface area contributed by atoms with E-state index >= 15 is 0 Å². The SMILES string of the molecule is CCC[C@H](NC(=O)c1ccc(Cl)s1)C(=O)O. The predicted molar refractivity (Wildman–Crippen MR) is 63.1 cm³/mol. The van der Waals surface area contributed by atoms with Gasteiger partial charge >= 0.3 is 5.97 Å². The molecule has 0 saturated heterocycles. The molecular weight excluding hydrogens is 250 g/mol. The Balaban J connectivity index is 2.65. The molecule has 2 N–H and O–H groups in total. The summed E-state index contributed by atoms with van der Waals surface area (Å²) in [4.78, 5) is 22.9.